The highest BCUT2D eigenvalue weighted by Gasteiger charge is 2.13. The van der Waals surface area contributed by atoms with Gasteiger partial charge in [0.05, 0.1) is 5.69 Å². The van der Waals surface area contributed by atoms with Gasteiger partial charge in [0.2, 0.25) is 0 Å². The van der Waals surface area contributed by atoms with E-state index < -0.39 is 0 Å². The topological polar surface area (TPSA) is 33.1 Å². The van der Waals surface area contributed by atoms with Crippen molar-refractivity contribution in [1.29, 1.82) is 0 Å². The molecule has 0 saturated heterocycles. The van der Waals surface area contributed by atoms with Crippen LogP contribution in [0.2, 0.25) is 0 Å². The Morgan fingerprint density at radius 2 is 1.95 bits per heavy atom. The molecule has 1 aromatic heterocycles. The van der Waals surface area contributed by atoms with E-state index in [9.17, 15) is 0 Å². The van der Waals surface area contributed by atoms with Gasteiger partial charge in [-0.25, -0.2) is 0 Å². The second kappa shape index (κ2) is 7.22. The highest BCUT2D eigenvalue weighted by atomic mass is 15.3. The minimum Gasteiger partial charge on any atom is -0.309 e. The molecule has 1 heterocycles. The molecule has 0 amide bonds. The maximum Gasteiger partial charge on any atom is 0.0521 e. The summed E-state index contributed by atoms with van der Waals surface area (Å²) >= 11 is 0. The molecule has 1 aromatic carbocycles. The van der Waals surface area contributed by atoms with E-state index in [0.29, 0.717) is 6.04 Å². The van der Waals surface area contributed by atoms with Crippen molar-refractivity contribution >= 4 is 0 Å². The standard InChI is InChI=1S/C16H24N4/c1-4-20-15(10-11-18-20)12-17-13-16(19(2)3)14-8-6-5-7-9-14/h5-11,16-17H,4,12-13H2,1-3H3. The molecule has 1 N–H and O–H groups in total. The zero-order valence-electron chi connectivity index (χ0n) is 12.6. The van der Waals surface area contributed by atoms with Crippen molar-refractivity contribution in [3.8, 4) is 0 Å². The van der Waals surface area contributed by atoms with Crippen molar-refractivity contribution in [3.05, 3.63) is 53.9 Å². The summed E-state index contributed by atoms with van der Waals surface area (Å²) in [5.74, 6) is 0. The largest absolute Gasteiger partial charge is 0.309 e. The van der Waals surface area contributed by atoms with Crippen molar-refractivity contribution in [3.63, 3.8) is 0 Å². The first-order valence-corrected chi connectivity index (χ1v) is 7.15. The number of nitrogens with one attached hydrogen (secondary N) is 1. The summed E-state index contributed by atoms with van der Waals surface area (Å²) in [5.41, 5.74) is 2.58. The van der Waals surface area contributed by atoms with Crippen LogP contribution in [0.1, 0.15) is 24.2 Å². The third kappa shape index (κ3) is 3.68. The number of benzene rings is 1. The Kier molecular flexibility index (Phi) is 5.32. The molecule has 0 fully saturated rings. The molecule has 4 nitrogen and oxygen atoms in total. The van der Waals surface area contributed by atoms with Gasteiger partial charge in [0.1, 0.15) is 0 Å². The highest BCUT2D eigenvalue weighted by Crippen LogP contribution is 2.16. The lowest BCUT2D eigenvalue weighted by Gasteiger charge is -2.25. The molecule has 0 aliphatic rings. The molecule has 2 rings (SSSR count). The smallest absolute Gasteiger partial charge is 0.0521 e. The molecule has 0 radical (unpaired) electrons. The van der Waals surface area contributed by atoms with Crippen molar-refractivity contribution in [2.24, 2.45) is 0 Å². The number of likely N-dealkylation sites (N-methyl/N-ethyl adjacent to an activating group) is 1. The van der Waals surface area contributed by atoms with Crippen LogP contribution in [-0.2, 0) is 13.1 Å². The van der Waals surface area contributed by atoms with Crippen molar-refractivity contribution in [2.75, 3.05) is 20.6 Å². The van der Waals surface area contributed by atoms with Gasteiger partial charge >= 0.3 is 0 Å². The van der Waals surface area contributed by atoms with Gasteiger partial charge in [-0.1, -0.05) is 30.3 Å². The zero-order valence-corrected chi connectivity index (χ0v) is 12.6. The summed E-state index contributed by atoms with van der Waals surface area (Å²) in [6.07, 6.45) is 1.86. The summed E-state index contributed by atoms with van der Waals surface area (Å²) in [7, 11) is 4.24. The molecule has 1 unspecified atom stereocenters. The Bertz CT molecular complexity index is 504. The third-order valence-electron chi connectivity index (χ3n) is 3.56. The van der Waals surface area contributed by atoms with Crippen LogP contribution in [-0.4, -0.2) is 35.3 Å². The Labute approximate surface area is 121 Å². The number of hydrogen-bond donors (Lipinski definition) is 1. The van der Waals surface area contributed by atoms with Gasteiger partial charge in [0, 0.05) is 31.9 Å². The second-order valence-electron chi connectivity index (χ2n) is 5.16. The molecule has 108 valence electrons. The van der Waals surface area contributed by atoms with Gasteiger partial charge in [-0.2, -0.15) is 5.10 Å². The monoisotopic (exact) mass is 272 g/mol. The van der Waals surface area contributed by atoms with E-state index in [-0.39, 0.29) is 0 Å². The van der Waals surface area contributed by atoms with Crippen LogP contribution < -0.4 is 5.32 Å². The van der Waals surface area contributed by atoms with Crippen molar-refractivity contribution in [1.82, 2.24) is 20.0 Å². The van der Waals surface area contributed by atoms with Crippen LogP contribution in [0.5, 0.6) is 0 Å². The van der Waals surface area contributed by atoms with E-state index in [2.05, 4.69) is 72.7 Å². The number of rotatable bonds is 7. The lowest BCUT2D eigenvalue weighted by atomic mass is 10.1. The van der Waals surface area contributed by atoms with Crippen LogP contribution in [0.15, 0.2) is 42.6 Å². The predicted molar refractivity (Wildman–Crippen MR) is 82.5 cm³/mol. The summed E-state index contributed by atoms with van der Waals surface area (Å²) < 4.78 is 2.03. The first-order valence-electron chi connectivity index (χ1n) is 7.15. The fraction of sp³-hybridized carbons (Fsp3) is 0.438. The van der Waals surface area contributed by atoms with Crippen LogP contribution in [0.25, 0.3) is 0 Å². The van der Waals surface area contributed by atoms with Gasteiger partial charge < -0.3 is 10.2 Å². The molecule has 1 atom stereocenters. The number of aryl methyl sites for hydroxylation is 1. The van der Waals surface area contributed by atoms with Gasteiger partial charge in [-0.3, -0.25) is 4.68 Å². The fourth-order valence-electron chi connectivity index (χ4n) is 2.41. The van der Waals surface area contributed by atoms with Crippen LogP contribution >= 0.6 is 0 Å². The van der Waals surface area contributed by atoms with Gasteiger partial charge in [0.15, 0.2) is 0 Å². The number of hydrogen-bond acceptors (Lipinski definition) is 3. The highest BCUT2D eigenvalue weighted by molar-refractivity contribution is 5.19. The molecule has 0 aliphatic heterocycles. The lowest BCUT2D eigenvalue weighted by molar-refractivity contribution is 0.287. The fourth-order valence-corrected chi connectivity index (χ4v) is 2.41. The third-order valence-corrected chi connectivity index (χ3v) is 3.56. The van der Waals surface area contributed by atoms with E-state index in [4.69, 9.17) is 0 Å². The number of aromatic nitrogens is 2. The summed E-state index contributed by atoms with van der Waals surface area (Å²) in [6, 6.07) is 13.1. The minimum atomic E-state index is 0.384. The maximum atomic E-state index is 4.29. The molecule has 0 bridgehead atoms. The van der Waals surface area contributed by atoms with Crippen molar-refractivity contribution < 1.29 is 0 Å². The SMILES string of the molecule is CCn1nccc1CNCC(c1ccccc1)N(C)C. The average molecular weight is 272 g/mol. The first-order chi connectivity index (χ1) is 9.72. The van der Waals surface area contributed by atoms with E-state index in [1.54, 1.807) is 0 Å². The Balaban J connectivity index is 1.94. The van der Waals surface area contributed by atoms with Gasteiger partial charge in [-0.15, -0.1) is 0 Å². The Morgan fingerprint density at radius 1 is 1.20 bits per heavy atom. The first kappa shape index (κ1) is 14.8. The summed E-state index contributed by atoms with van der Waals surface area (Å²) in [4.78, 5) is 2.25. The molecular weight excluding hydrogens is 248 g/mol. The quantitative estimate of drug-likeness (QED) is 0.839. The molecule has 0 aliphatic carbocycles. The molecular formula is C16H24N4. The number of nitrogens with zero attached hydrogens (tertiary/aromatic N) is 3. The van der Waals surface area contributed by atoms with E-state index in [1.165, 1.54) is 11.3 Å². The minimum absolute atomic E-state index is 0.384. The predicted octanol–water partition coefficient (Wildman–Crippen LogP) is 2.30. The van der Waals surface area contributed by atoms with Crippen LogP contribution in [0.4, 0.5) is 0 Å². The molecule has 0 saturated carbocycles. The lowest BCUT2D eigenvalue weighted by Crippen LogP contribution is -2.31. The molecule has 0 spiro atoms. The van der Waals surface area contributed by atoms with E-state index in [1.807, 2.05) is 10.9 Å². The average Bonchev–Trinajstić information content (AvgIpc) is 2.91. The van der Waals surface area contributed by atoms with Crippen LogP contribution in [0.3, 0.4) is 0 Å². The zero-order chi connectivity index (χ0) is 14.4. The van der Waals surface area contributed by atoms with Gasteiger partial charge in [-0.05, 0) is 32.6 Å². The van der Waals surface area contributed by atoms with Crippen LogP contribution in [0, 0.1) is 0 Å². The van der Waals surface area contributed by atoms with Crippen molar-refractivity contribution in [2.45, 2.75) is 26.1 Å². The second-order valence-corrected chi connectivity index (χ2v) is 5.16. The van der Waals surface area contributed by atoms with E-state index >= 15 is 0 Å². The molecule has 2 aromatic rings. The normalized spacial score (nSPS) is 12.8. The molecule has 4 heteroatoms. The molecule has 20 heavy (non-hydrogen) atoms. The Hall–Kier alpha value is -1.65. The Morgan fingerprint density at radius 3 is 2.60 bits per heavy atom. The summed E-state index contributed by atoms with van der Waals surface area (Å²) in [5, 5.41) is 7.83. The van der Waals surface area contributed by atoms with Gasteiger partial charge in [0.25, 0.3) is 0 Å². The van der Waals surface area contributed by atoms with E-state index in [0.717, 1.165) is 19.6 Å². The summed E-state index contributed by atoms with van der Waals surface area (Å²) in [6.45, 7) is 4.81. The maximum absolute atomic E-state index is 4.29.